The molecule has 5 nitrogen and oxygen atoms in total. The highest BCUT2D eigenvalue weighted by Crippen LogP contribution is 2.35. The number of carbonyl (C=O) groups excluding carboxylic acids is 1. The Hall–Kier alpha value is -3.03. The second kappa shape index (κ2) is 8.99. The number of likely N-dealkylation sites (tertiary alicyclic amines) is 1. The van der Waals surface area contributed by atoms with E-state index >= 15 is 0 Å². The molecule has 8 heteroatoms. The third kappa shape index (κ3) is 5.37. The lowest BCUT2D eigenvalue weighted by Crippen LogP contribution is -2.47. The van der Waals surface area contributed by atoms with Crippen LogP contribution in [0.2, 0.25) is 0 Å². The predicted octanol–water partition coefficient (Wildman–Crippen LogP) is 4.76. The van der Waals surface area contributed by atoms with E-state index in [-0.39, 0.29) is 31.5 Å². The van der Waals surface area contributed by atoms with Crippen molar-refractivity contribution in [1.82, 2.24) is 9.80 Å². The fourth-order valence-electron chi connectivity index (χ4n) is 4.21. The number of rotatable bonds is 4. The highest BCUT2D eigenvalue weighted by Gasteiger charge is 2.38. The van der Waals surface area contributed by atoms with Crippen LogP contribution in [0.25, 0.3) is 0 Å². The van der Waals surface area contributed by atoms with Gasteiger partial charge in [-0.3, -0.25) is 4.79 Å². The number of alkyl halides is 3. The smallest absolute Gasteiger partial charge is 0.416 e. The van der Waals surface area contributed by atoms with Crippen molar-refractivity contribution in [3.8, 4) is 0 Å². The summed E-state index contributed by atoms with van der Waals surface area (Å²) < 4.78 is 39.4. The van der Waals surface area contributed by atoms with E-state index in [1.165, 1.54) is 9.80 Å². The number of piperidine rings is 1. The van der Waals surface area contributed by atoms with Gasteiger partial charge in [-0.2, -0.15) is 13.2 Å². The van der Waals surface area contributed by atoms with Gasteiger partial charge in [0.15, 0.2) is 0 Å². The van der Waals surface area contributed by atoms with Gasteiger partial charge in [-0.25, -0.2) is 4.79 Å². The minimum atomic E-state index is -4.45. The molecule has 2 amide bonds. The summed E-state index contributed by atoms with van der Waals surface area (Å²) in [5, 5.41) is 9.39. The first-order chi connectivity index (χ1) is 14.6. The van der Waals surface area contributed by atoms with Crippen LogP contribution in [0, 0.1) is 12.8 Å². The van der Waals surface area contributed by atoms with Gasteiger partial charge >= 0.3 is 12.3 Å². The van der Waals surface area contributed by atoms with Crippen molar-refractivity contribution >= 4 is 12.0 Å². The Morgan fingerprint density at radius 2 is 1.84 bits per heavy atom. The van der Waals surface area contributed by atoms with Crippen molar-refractivity contribution in [2.45, 2.75) is 32.0 Å². The molecule has 31 heavy (non-hydrogen) atoms. The van der Waals surface area contributed by atoms with Gasteiger partial charge in [0.05, 0.1) is 5.56 Å². The molecule has 0 aliphatic carbocycles. The molecule has 1 N–H and O–H groups in total. The zero-order valence-corrected chi connectivity index (χ0v) is 17.4. The number of aryl methyl sites for hydroxylation is 1. The fourth-order valence-corrected chi connectivity index (χ4v) is 4.21. The number of nitrogens with zero attached hydrogens (tertiary/aromatic N) is 2. The summed E-state index contributed by atoms with van der Waals surface area (Å²) in [4.78, 5) is 27.5. The first kappa shape index (κ1) is 22.7. The predicted molar refractivity (Wildman–Crippen MR) is 110 cm³/mol. The monoisotopic (exact) mass is 434 g/mol. The Bertz CT molecular complexity index is 947. The number of amides is 2. The van der Waals surface area contributed by atoms with Gasteiger partial charge in [0, 0.05) is 38.5 Å². The molecule has 1 saturated heterocycles. The SMILES string of the molecule is Cc1cc(CN(C)C(=O)C2CCN(C(=O)O)CC2c2ccccc2)cc(C(F)(F)F)c1. The van der Waals surface area contributed by atoms with Crippen molar-refractivity contribution in [3.05, 3.63) is 70.8 Å². The molecular weight excluding hydrogens is 409 g/mol. The Balaban J connectivity index is 1.82. The number of hydrogen-bond donors (Lipinski definition) is 1. The van der Waals surface area contributed by atoms with Gasteiger partial charge in [-0.15, -0.1) is 0 Å². The minimum Gasteiger partial charge on any atom is -0.465 e. The molecule has 0 spiro atoms. The number of benzene rings is 2. The Morgan fingerprint density at radius 1 is 1.16 bits per heavy atom. The van der Waals surface area contributed by atoms with Crippen molar-refractivity contribution in [2.24, 2.45) is 5.92 Å². The number of halogens is 3. The van der Waals surface area contributed by atoms with Crippen LogP contribution in [-0.4, -0.2) is 47.0 Å². The number of carboxylic acid groups (broad SMARTS) is 1. The molecule has 0 saturated carbocycles. The Labute approximate surface area is 179 Å². The molecule has 166 valence electrons. The molecule has 2 unspecified atom stereocenters. The van der Waals surface area contributed by atoms with E-state index in [1.54, 1.807) is 20.0 Å². The summed E-state index contributed by atoms with van der Waals surface area (Å²) in [6.07, 6.45) is -5.12. The van der Waals surface area contributed by atoms with Crippen LogP contribution < -0.4 is 0 Å². The van der Waals surface area contributed by atoms with Gasteiger partial charge in [-0.05, 0) is 36.6 Å². The largest absolute Gasteiger partial charge is 0.465 e. The van der Waals surface area contributed by atoms with Gasteiger partial charge < -0.3 is 14.9 Å². The van der Waals surface area contributed by atoms with Crippen molar-refractivity contribution in [1.29, 1.82) is 0 Å². The summed E-state index contributed by atoms with van der Waals surface area (Å²) in [6, 6.07) is 13.0. The molecule has 1 aliphatic rings. The average molecular weight is 434 g/mol. The third-order valence-corrected chi connectivity index (χ3v) is 5.69. The highest BCUT2D eigenvalue weighted by molar-refractivity contribution is 5.80. The lowest BCUT2D eigenvalue weighted by Gasteiger charge is -2.38. The van der Waals surface area contributed by atoms with Crippen molar-refractivity contribution in [2.75, 3.05) is 20.1 Å². The lowest BCUT2D eigenvalue weighted by molar-refractivity contribution is -0.137. The zero-order chi connectivity index (χ0) is 22.8. The van der Waals surface area contributed by atoms with E-state index in [1.807, 2.05) is 30.3 Å². The number of hydrogen-bond acceptors (Lipinski definition) is 2. The molecule has 1 aliphatic heterocycles. The second-order valence-electron chi connectivity index (χ2n) is 8.04. The van der Waals surface area contributed by atoms with Gasteiger partial charge in [0.2, 0.25) is 5.91 Å². The van der Waals surface area contributed by atoms with E-state index in [9.17, 15) is 27.9 Å². The van der Waals surface area contributed by atoms with E-state index in [2.05, 4.69) is 0 Å². The van der Waals surface area contributed by atoms with Crippen LogP contribution in [0.15, 0.2) is 48.5 Å². The molecule has 2 atom stereocenters. The summed E-state index contributed by atoms with van der Waals surface area (Å²) in [7, 11) is 1.57. The third-order valence-electron chi connectivity index (χ3n) is 5.69. The van der Waals surface area contributed by atoms with Gasteiger partial charge in [-0.1, -0.05) is 42.0 Å². The second-order valence-corrected chi connectivity index (χ2v) is 8.04. The topological polar surface area (TPSA) is 60.9 Å². The molecule has 2 aromatic carbocycles. The average Bonchev–Trinajstić information content (AvgIpc) is 2.72. The standard InChI is InChI=1S/C23H25F3N2O3/c1-15-10-16(12-18(11-15)23(24,25)26)13-27(2)21(29)19-8-9-28(22(30)31)14-20(19)17-6-4-3-5-7-17/h3-7,10-12,19-20H,8-9,13-14H2,1-2H3,(H,30,31). The lowest BCUT2D eigenvalue weighted by atomic mass is 9.80. The van der Waals surface area contributed by atoms with Gasteiger partial charge in [0.1, 0.15) is 0 Å². The van der Waals surface area contributed by atoms with E-state index < -0.39 is 23.8 Å². The van der Waals surface area contributed by atoms with Crippen LogP contribution in [0.3, 0.4) is 0 Å². The molecule has 0 aromatic heterocycles. The summed E-state index contributed by atoms with van der Waals surface area (Å²) in [5.41, 5.74) is 1.01. The molecule has 0 radical (unpaired) electrons. The summed E-state index contributed by atoms with van der Waals surface area (Å²) >= 11 is 0. The van der Waals surface area contributed by atoms with Gasteiger partial charge in [0.25, 0.3) is 0 Å². The maximum atomic E-state index is 13.3. The number of carbonyl (C=O) groups is 2. The first-order valence-electron chi connectivity index (χ1n) is 10.0. The maximum Gasteiger partial charge on any atom is 0.416 e. The normalized spacial score (nSPS) is 19.2. The minimum absolute atomic E-state index is 0.0459. The summed E-state index contributed by atoms with van der Waals surface area (Å²) in [6.45, 7) is 2.08. The molecule has 1 heterocycles. The van der Waals surface area contributed by atoms with Crippen LogP contribution in [-0.2, 0) is 17.5 Å². The first-order valence-corrected chi connectivity index (χ1v) is 10.0. The molecule has 0 bridgehead atoms. The van der Waals surface area contributed by atoms with Crippen LogP contribution in [0.5, 0.6) is 0 Å². The highest BCUT2D eigenvalue weighted by atomic mass is 19.4. The molecule has 1 fully saturated rings. The maximum absolute atomic E-state index is 13.3. The Kier molecular flexibility index (Phi) is 6.57. The molecule has 3 rings (SSSR count). The van der Waals surface area contributed by atoms with E-state index in [0.717, 1.165) is 17.7 Å². The van der Waals surface area contributed by atoms with Crippen molar-refractivity contribution < 1.29 is 27.9 Å². The Morgan fingerprint density at radius 3 is 2.45 bits per heavy atom. The van der Waals surface area contributed by atoms with E-state index in [0.29, 0.717) is 17.5 Å². The van der Waals surface area contributed by atoms with Crippen LogP contribution in [0.1, 0.15) is 34.6 Å². The van der Waals surface area contributed by atoms with Crippen LogP contribution >= 0.6 is 0 Å². The summed E-state index contributed by atoms with van der Waals surface area (Å²) in [5.74, 6) is -0.965. The zero-order valence-electron chi connectivity index (χ0n) is 17.4. The van der Waals surface area contributed by atoms with Crippen LogP contribution in [0.4, 0.5) is 18.0 Å². The van der Waals surface area contributed by atoms with Crippen molar-refractivity contribution in [3.63, 3.8) is 0 Å². The molecule has 2 aromatic rings. The molecular formula is C23H25F3N2O3. The fraction of sp³-hybridized carbons (Fsp3) is 0.391. The quantitative estimate of drug-likeness (QED) is 0.755. The van der Waals surface area contributed by atoms with E-state index in [4.69, 9.17) is 0 Å².